The van der Waals surface area contributed by atoms with Crippen molar-refractivity contribution in [2.45, 2.75) is 71.6 Å². The number of nitrogens with zero attached hydrogens (tertiary/aromatic N) is 3. The Labute approximate surface area is 306 Å². The van der Waals surface area contributed by atoms with Gasteiger partial charge in [-0.3, -0.25) is 18.7 Å². The third-order valence-corrected chi connectivity index (χ3v) is 9.91. The summed E-state index contributed by atoms with van der Waals surface area (Å²) in [5.74, 6) is -0.384. The summed E-state index contributed by atoms with van der Waals surface area (Å²) in [6.45, 7) is 9.60. The van der Waals surface area contributed by atoms with Crippen molar-refractivity contribution in [3.8, 4) is 0 Å². The smallest absolute Gasteiger partial charge is 0.251 e. The first-order chi connectivity index (χ1) is 24.7. The molecule has 0 saturated heterocycles. The number of aromatic nitrogens is 2. The zero-order valence-corrected chi connectivity index (χ0v) is 31.5. The van der Waals surface area contributed by atoms with Gasteiger partial charge in [0.25, 0.3) is 11.8 Å². The lowest BCUT2D eigenvalue weighted by Gasteiger charge is -2.25. The van der Waals surface area contributed by atoms with Crippen LogP contribution in [0.5, 0.6) is 0 Å². The van der Waals surface area contributed by atoms with E-state index in [-0.39, 0.29) is 41.2 Å². The Kier molecular flexibility index (Phi) is 13.7. The summed E-state index contributed by atoms with van der Waals surface area (Å²) >= 11 is 0. The predicted octanol–water partition coefficient (Wildman–Crippen LogP) is 4.35. The molecular formula is C38H49N7O6S. The van der Waals surface area contributed by atoms with Gasteiger partial charge in [0.15, 0.2) is 5.82 Å². The normalized spacial score (nSPS) is 13.8. The number of rotatable bonds is 17. The lowest BCUT2D eigenvalue weighted by Crippen LogP contribution is -2.50. The average molecular weight is 732 g/mol. The van der Waals surface area contributed by atoms with Crippen molar-refractivity contribution in [3.05, 3.63) is 113 Å². The van der Waals surface area contributed by atoms with Crippen LogP contribution in [-0.4, -0.2) is 68.2 Å². The van der Waals surface area contributed by atoms with E-state index in [4.69, 9.17) is 4.52 Å². The Balaban J connectivity index is 1.55. The molecule has 3 amide bonds. The molecule has 1 aromatic heterocycles. The van der Waals surface area contributed by atoms with E-state index >= 15 is 0 Å². The van der Waals surface area contributed by atoms with Gasteiger partial charge in [-0.25, -0.2) is 8.42 Å². The van der Waals surface area contributed by atoms with Crippen molar-refractivity contribution < 1.29 is 27.3 Å². The van der Waals surface area contributed by atoms with Crippen LogP contribution < -0.4 is 25.6 Å². The minimum Gasteiger partial charge on any atom is -0.348 e. The second-order valence-corrected chi connectivity index (χ2v) is 15.2. The number of benzene rings is 3. The molecule has 4 rings (SSSR count). The molecular weight excluding hydrogens is 683 g/mol. The molecule has 0 spiro atoms. The molecule has 13 nitrogen and oxygen atoms in total. The van der Waals surface area contributed by atoms with E-state index in [9.17, 15) is 22.8 Å². The van der Waals surface area contributed by atoms with E-state index in [0.29, 0.717) is 24.6 Å². The molecule has 0 aliphatic heterocycles. The number of sulfonamides is 1. The molecule has 52 heavy (non-hydrogen) atoms. The summed E-state index contributed by atoms with van der Waals surface area (Å²) in [4.78, 5) is 45.1. The first kappa shape index (κ1) is 39.7. The van der Waals surface area contributed by atoms with E-state index in [1.165, 1.54) is 25.2 Å². The number of carbonyl (C=O) groups excluding carboxylic acids is 3. The first-order valence-electron chi connectivity index (χ1n) is 17.3. The molecule has 14 heteroatoms. The van der Waals surface area contributed by atoms with Crippen LogP contribution >= 0.6 is 0 Å². The van der Waals surface area contributed by atoms with Gasteiger partial charge in [0.05, 0.1) is 24.0 Å². The zero-order chi connectivity index (χ0) is 38.0. The lowest BCUT2D eigenvalue weighted by atomic mass is 10.0. The van der Waals surface area contributed by atoms with Crippen LogP contribution in [0.1, 0.15) is 90.3 Å². The number of amides is 3. The summed E-state index contributed by atoms with van der Waals surface area (Å²) in [5.41, 5.74) is 2.21. The van der Waals surface area contributed by atoms with Crippen LogP contribution in [0.3, 0.4) is 0 Å². The van der Waals surface area contributed by atoms with Crippen LogP contribution in [0.15, 0.2) is 83.4 Å². The molecule has 4 N–H and O–H groups in total. The summed E-state index contributed by atoms with van der Waals surface area (Å²) < 4.78 is 31.5. The van der Waals surface area contributed by atoms with Gasteiger partial charge in [-0.1, -0.05) is 86.6 Å². The van der Waals surface area contributed by atoms with Crippen molar-refractivity contribution in [1.29, 1.82) is 0 Å². The standard InChI is InChI=1S/C38H49N7O6S/c1-8-33-42-38(51-44-33)34(24(2)3)43-35(46)26(5)39-23-31(19-27-15-11-9-12-16-27)41-37(48)30-20-29(21-32(22-30)45(6)52(7,49)50)36(47)40-25(4)28-17-13-10-14-18-28/h9-18,20-22,24-26,31,34,39H,8,19,23H2,1-7H3,(H,40,47)(H,41,48)(H,43,46)/t25-,26+,31+,34+/m1/s1. The van der Waals surface area contributed by atoms with Crippen LogP contribution in [0.4, 0.5) is 5.69 Å². The van der Waals surface area contributed by atoms with E-state index in [2.05, 4.69) is 31.4 Å². The van der Waals surface area contributed by atoms with Gasteiger partial charge in [0.2, 0.25) is 21.8 Å². The Hall–Kier alpha value is -5.08. The third kappa shape index (κ3) is 11.0. The molecule has 4 atom stereocenters. The Morgan fingerprint density at radius 3 is 2.00 bits per heavy atom. The van der Waals surface area contributed by atoms with Crippen molar-refractivity contribution in [2.75, 3.05) is 24.2 Å². The van der Waals surface area contributed by atoms with Gasteiger partial charge in [-0.2, -0.15) is 4.98 Å². The molecule has 4 aromatic rings. The molecule has 0 aliphatic carbocycles. The minimum atomic E-state index is -3.72. The first-order valence-corrected chi connectivity index (χ1v) is 19.2. The molecule has 0 bridgehead atoms. The summed E-state index contributed by atoms with van der Waals surface area (Å²) in [6.07, 6.45) is 2.08. The maximum Gasteiger partial charge on any atom is 0.251 e. The van der Waals surface area contributed by atoms with E-state index < -0.39 is 40.0 Å². The number of hydrogen-bond donors (Lipinski definition) is 4. The fraction of sp³-hybridized carbons (Fsp3) is 0.395. The van der Waals surface area contributed by atoms with Gasteiger partial charge >= 0.3 is 0 Å². The van der Waals surface area contributed by atoms with Gasteiger partial charge < -0.3 is 25.8 Å². The molecule has 278 valence electrons. The average Bonchev–Trinajstić information content (AvgIpc) is 3.61. The number of anilines is 1. The highest BCUT2D eigenvalue weighted by atomic mass is 32.2. The predicted molar refractivity (Wildman–Crippen MR) is 200 cm³/mol. The summed E-state index contributed by atoms with van der Waals surface area (Å²) in [7, 11) is -2.36. The summed E-state index contributed by atoms with van der Waals surface area (Å²) in [5, 5.41) is 16.2. The number of carbonyl (C=O) groups is 3. The Bertz CT molecular complexity index is 1920. The molecule has 3 aromatic carbocycles. The Morgan fingerprint density at radius 2 is 1.44 bits per heavy atom. The highest BCUT2D eigenvalue weighted by Gasteiger charge is 2.27. The highest BCUT2D eigenvalue weighted by Crippen LogP contribution is 2.23. The van der Waals surface area contributed by atoms with Gasteiger partial charge in [0.1, 0.15) is 6.04 Å². The number of aryl methyl sites for hydroxylation is 1. The van der Waals surface area contributed by atoms with E-state index in [1.807, 2.05) is 88.4 Å². The zero-order valence-electron chi connectivity index (χ0n) is 30.7. The van der Waals surface area contributed by atoms with Gasteiger partial charge in [0, 0.05) is 37.2 Å². The largest absolute Gasteiger partial charge is 0.348 e. The lowest BCUT2D eigenvalue weighted by molar-refractivity contribution is -0.124. The quantitative estimate of drug-likeness (QED) is 0.123. The SMILES string of the molecule is CCc1noc([C@@H](NC(=O)[C@H](C)NC[C@H](Cc2ccccc2)NC(=O)c2cc(C(=O)N[C@H](C)c3ccccc3)cc(N(C)S(C)(=O)=O)c2)C(C)C)n1. The minimum absolute atomic E-state index is 0.0162. The molecule has 0 aliphatic rings. The molecule has 1 heterocycles. The molecule has 0 radical (unpaired) electrons. The third-order valence-electron chi connectivity index (χ3n) is 8.70. The Morgan fingerprint density at radius 1 is 0.846 bits per heavy atom. The highest BCUT2D eigenvalue weighted by molar-refractivity contribution is 7.92. The number of hydrogen-bond acceptors (Lipinski definition) is 9. The van der Waals surface area contributed by atoms with Crippen molar-refractivity contribution >= 4 is 33.4 Å². The fourth-order valence-corrected chi connectivity index (χ4v) is 5.92. The van der Waals surface area contributed by atoms with Crippen LogP contribution in [-0.2, 0) is 27.7 Å². The van der Waals surface area contributed by atoms with Crippen LogP contribution in [0.25, 0.3) is 0 Å². The second kappa shape index (κ2) is 17.9. The van der Waals surface area contributed by atoms with Crippen molar-refractivity contribution in [3.63, 3.8) is 0 Å². The topological polar surface area (TPSA) is 176 Å². The van der Waals surface area contributed by atoms with Crippen LogP contribution in [0, 0.1) is 5.92 Å². The molecule has 0 fully saturated rings. The monoisotopic (exact) mass is 731 g/mol. The fourth-order valence-electron chi connectivity index (χ4n) is 5.43. The second-order valence-electron chi connectivity index (χ2n) is 13.2. The van der Waals surface area contributed by atoms with Crippen LogP contribution in [0.2, 0.25) is 0 Å². The maximum absolute atomic E-state index is 13.9. The van der Waals surface area contributed by atoms with E-state index in [0.717, 1.165) is 21.7 Å². The van der Waals surface area contributed by atoms with Crippen molar-refractivity contribution in [2.24, 2.45) is 5.92 Å². The van der Waals surface area contributed by atoms with Gasteiger partial charge in [-0.05, 0) is 55.5 Å². The number of nitrogens with one attached hydrogen (secondary N) is 4. The van der Waals surface area contributed by atoms with Crippen molar-refractivity contribution in [1.82, 2.24) is 31.4 Å². The maximum atomic E-state index is 13.9. The molecule has 0 saturated carbocycles. The molecule has 0 unspecified atom stereocenters. The van der Waals surface area contributed by atoms with E-state index in [1.54, 1.807) is 6.92 Å². The summed E-state index contributed by atoms with van der Waals surface area (Å²) in [6, 6.07) is 21.3. The van der Waals surface area contributed by atoms with Gasteiger partial charge in [-0.15, -0.1) is 0 Å².